The molecule has 304 valence electrons. The largest absolute Gasteiger partial charge is 0.356 e. The lowest BCUT2D eigenvalue weighted by Gasteiger charge is -2.24. The van der Waals surface area contributed by atoms with Crippen molar-refractivity contribution >= 4 is 29.3 Å². The fourth-order valence-corrected chi connectivity index (χ4v) is 6.59. The Balaban J connectivity index is 5.22. The molecular formula is C41H80N6O5. The zero-order valence-electron chi connectivity index (χ0n) is 34.2. The minimum Gasteiger partial charge on any atom is -0.356 e. The van der Waals surface area contributed by atoms with E-state index in [1.165, 1.54) is 0 Å². The molecule has 0 aromatic heterocycles. The topological polar surface area (TPSA) is 191 Å². The first-order chi connectivity index (χ1) is 24.8. The predicted octanol–water partition coefficient (Wildman–Crippen LogP) is 5.80. The maximum absolute atomic E-state index is 13.3. The van der Waals surface area contributed by atoms with Crippen LogP contribution in [0.5, 0.6) is 0 Å². The number of unbranched alkanes of at least 4 members (excludes halogenated alkanes) is 7. The van der Waals surface area contributed by atoms with Gasteiger partial charge in [-0.05, 0) is 69.7 Å². The van der Waals surface area contributed by atoms with E-state index in [1.807, 2.05) is 32.6 Å². The molecule has 11 nitrogen and oxygen atoms in total. The highest BCUT2D eigenvalue weighted by molar-refractivity contribution is 5.90. The fourth-order valence-electron chi connectivity index (χ4n) is 6.59. The first-order valence-electron chi connectivity index (χ1n) is 20.9. The van der Waals surface area contributed by atoms with Crippen molar-refractivity contribution in [1.29, 1.82) is 0 Å². The van der Waals surface area contributed by atoms with Crippen LogP contribution in [0.3, 0.4) is 0 Å². The number of nitrogens with zero attached hydrogens (tertiary/aromatic N) is 1. The molecule has 0 aliphatic carbocycles. The SMILES string of the molecule is CCCCCCCC(=O)N(CCCNC(=O)[C@H](CC(=O)[C@H](N)CCCCC)CC(C)C)CCCNC(=O)[C@H](CC(=O)[C@H](N)CCCCN)CC(C)C. The van der Waals surface area contributed by atoms with Crippen molar-refractivity contribution < 1.29 is 24.0 Å². The minimum atomic E-state index is -0.581. The Kier molecular flexibility index (Phi) is 29.6. The van der Waals surface area contributed by atoms with Gasteiger partial charge in [0.05, 0.1) is 12.1 Å². The number of carbonyl (C=O) groups is 5. The second-order valence-corrected chi connectivity index (χ2v) is 15.8. The molecule has 0 aromatic rings. The van der Waals surface area contributed by atoms with Crippen LogP contribution in [0.4, 0.5) is 0 Å². The summed E-state index contributed by atoms with van der Waals surface area (Å²) >= 11 is 0. The number of carbonyl (C=O) groups excluding carboxylic acids is 5. The first kappa shape index (κ1) is 49.6. The van der Waals surface area contributed by atoms with Gasteiger partial charge in [-0.1, -0.05) is 92.9 Å². The molecule has 0 saturated carbocycles. The predicted molar refractivity (Wildman–Crippen MR) is 213 cm³/mol. The van der Waals surface area contributed by atoms with Gasteiger partial charge in [-0.3, -0.25) is 24.0 Å². The van der Waals surface area contributed by atoms with Gasteiger partial charge in [-0.15, -0.1) is 0 Å². The molecule has 0 rings (SSSR count). The third kappa shape index (κ3) is 24.8. The van der Waals surface area contributed by atoms with Gasteiger partial charge in [0, 0.05) is 57.3 Å². The lowest BCUT2D eigenvalue weighted by molar-refractivity contribution is -0.131. The van der Waals surface area contributed by atoms with Crippen molar-refractivity contribution in [1.82, 2.24) is 15.5 Å². The monoisotopic (exact) mass is 737 g/mol. The van der Waals surface area contributed by atoms with Gasteiger partial charge in [0.1, 0.15) is 11.6 Å². The van der Waals surface area contributed by atoms with Gasteiger partial charge in [0.2, 0.25) is 17.7 Å². The number of rotatable bonds is 34. The molecule has 4 atom stereocenters. The minimum absolute atomic E-state index is 0.0521. The number of hydrogen-bond acceptors (Lipinski definition) is 8. The van der Waals surface area contributed by atoms with E-state index in [2.05, 4.69) is 24.5 Å². The second-order valence-electron chi connectivity index (χ2n) is 15.8. The van der Waals surface area contributed by atoms with Crippen LogP contribution in [-0.2, 0) is 24.0 Å². The van der Waals surface area contributed by atoms with E-state index < -0.39 is 23.9 Å². The average molecular weight is 737 g/mol. The maximum atomic E-state index is 13.3. The summed E-state index contributed by atoms with van der Waals surface area (Å²) in [5.74, 6) is -0.693. The third-order valence-electron chi connectivity index (χ3n) is 9.72. The maximum Gasteiger partial charge on any atom is 0.223 e. The molecule has 0 aliphatic heterocycles. The highest BCUT2D eigenvalue weighted by Crippen LogP contribution is 2.19. The zero-order chi connectivity index (χ0) is 39.3. The summed E-state index contributed by atoms with van der Waals surface area (Å²) < 4.78 is 0. The number of Topliss-reactive ketones (excluding diaryl/α,β-unsaturated/α-hetero) is 2. The van der Waals surface area contributed by atoms with Gasteiger partial charge in [-0.2, -0.15) is 0 Å². The van der Waals surface area contributed by atoms with E-state index in [4.69, 9.17) is 17.2 Å². The quantitative estimate of drug-likeness (QED) is 0.0513. The van der Waals surface area contributed by atoms with Crippen LogP contribution in [0.25, 0.3) is 0 Å². The molecule has 0 spiro atoms. The van der Waals surface area contributed by atoms with Crippen LogP contribution in [0.2, 0.25) is 0 Å². The summed E-state index contributed by atoms with van der Waals surface area (Å²) in [5.41, 5.74) is 17.9. The van der Waals surface area contributed by atoms with Crippen LogP contribution >= 0.6 is 0 Å². The van der Waals surface area contributed by atoms with Crippen LogP contribution in [0.1, 0.15) is 164 Å². The summed E-state index contributed by atoms with van der Waals surface area (Å²) in [7, 11) is 0. The van der Waals surface area contributed by atoms with Crippen LogP contribution in [0.15, 0.2) is 0 Å². The summed E-state index contributed by atoms with van der Waals surface area (Å²) in [6.45, 7) is 14.8. The summed E-state index contributed by atoms with van der Waals surface area (Å²) in [4.78, 5) is 67.2. The van der Waals surface area contributed by atoms with Gasteiger partial charge in [-0.25, -0.2) is 0 Å². The molecule has 0 heterocycles. The standard InChI is InChI=1S/C41H80N6O5/c1-7-9-11-12-14-21-39(50)47(25-17-23-45-40(51)33(27-31(3)4)29-37(48)35(43)19-13-10-8-2)26-18-24-46-41(52)34(28-32(5)6)30-38(49)36(44)20-15-16-22-42/h31-36H,7-30,42-44H2,1-6H3,(H,45,51)(H,46,52)/t33-,34-,35+,36+/m0/s1. The van der Waals surface area contributed by atoms with Gasteiger partial charge >= 0.3 is 0 Å². The molecular weight excluding hydrogens is 656 g/mol. The van der Waals surface area contributed by atoms with E-state index in [0.717, 1.165) is 64.2 Å². The molecule has 8 N–H and O–H groups in total. The lowest BCUT2D eigenvalue weighted by atomic mass is 9.89. The average Bonchev–Trinajstić information content (AvgIpc) is 3.09. The molecule has 0 aromatic carbocycles. The fraction of sp³-hybridized carbons (Fsp3) is 0.878. The molecule has 52 heavy (non-hydrogen) atoms. The molecule has 3 amide bonds. The Hall–Kier alpha value is -2.37. The number of hydrogen-bond donors (Lipinski definition) is 5. The van der Waals surface area contributed by atoms with Crippen molar-refractivity contribution in [3.8, 4) is 0 Å². The van der Waals surface area contributed by atoms with E-state index in [0.29, 0.717) is 77.7 Å². The molecule has 0 radical (unpaired) electrons. The highest BCUT2D eigenvalue weighted by Gasteiger charge is 2.27. The van der Waals surface area contributed by atoms with E-state index in [1.54, 1.807) is 0 Å². The normalized spacial score (nSPS) is 13.8. The Morgan fingerprint density at radius 2 is 1.00 bits per heavy atom. The van der Waals surface area contributed by atoms with Crippen molar-refractivity contribution in [2.75, 3.05) is 32.7 Å². The Morgan fingerprint density at radius 1 is 0.577 bits per heavy atom. The molecule has 0 fully saturated rings. The summed E-state index contributed by atoms with van der Waals surface area (Å²) in [5, 5.41) is 6.04. The molecule has 11 heteroatoms. The third-order valence-corrected chi connectivity index (χ3v) is 9.72. The molecule has 0 saturated heterocycles. The Labute approximate surface area is 317 Å². The van der Waals surface area contributed by atoms with Gasteiger partial charge < -0.3 is 32.7 Å². The van der Waals surface area contributed by atoms with Gasteiger partial charge in [0.15, 0.2) is 0 Å². The Bertz CT molecular complexity index is 927. The number of amides is 3. The first-order valence-corrected chi connectivity index (χ1v) is 20.9. The number of nitrogens with two attached hydrogens (primary N) is 3. The summed E-state index contributed by atoms with van der Waals surface area (Å²) in [6.07, 6.45) is 14.3. The second kappa shape index (κ2) is 31.0. The lowest BCUT2D eigenvalue weighted by Crippen LogP contribution is -2.40. The summed E-state index contributed by atoms with van der Waals surface area (Å²) in [6, 6.07) is -1.11. The van der Waals surface area contributed by atoms with Gasteiger partial charge in [0.25, 0.3) is 0 Å². The van der Waals surface area contributed by atoms with E-state index in [-0.39, 0.29) is 54.0 Å². The van der Waals surface area contributed by atoms with Crippen molar-refractivity contribution in [3.05, 3.63) is 0 Å². The zero-order valence-corrected chi connectivity index (χ0v) is 34.2. The van der Waals surface area contributed by atoms with Crippen LogP contribution < -0.4 is 27.8 Å². The number of ketones is 2. The van der Waals surface area contributed by atoms with Crippen LogP contribution in [0, 0.1) is 23.7 Å². The molecule has 0 bridgehead atoms. The smallest absolute Gasteiger partial charge is 0.223 e. The van der Waals surface area contributed by atoms with Crippen molar-refractivity contribution in [2.24, 2.45) is 40.9 Å². The molecule has 0 unspecified atom stereocenters. The Morgan fingerprint density at radius 3 is 1.42 bits per heavy atom. The van der Waals surface area contributed by atoms with Crippen molar-refractivity contribution in [3.63, 3.8) is 0 Å². The number of nitrogens with one attached hydrogen (secondary N) is 2. The van der Waals surface area contributed by atoms with Crippen molar-refractivity contribution in [2.45, 2.75) is 176 Å². The van der Waals surface area contributed by atoms with Crippen LogP contribution in [-0.4, -0.2) is 79.0 Å². The van der Waals surface area contributed by atoms with E-state index in [9.17, 15) is 24.0 Å². The van der Waals surface area contributed by atoms with E-state index >= 15 is 0 Å². The molecule has 0 aliphatic rings. The highest BCUT2D eigenvalue weighted by atomic mass is 16.2.